The van der Waals surface area contributed by atoms with E-state index in [1.807, 2.05) is 0 Å². The van der Waals surface area contributed by atoms with Crippen molar-refractivity contribution in [1.82, 2.24) is 0 Å². The predicted octanol–water partition coefficient (Wildman–Crippen LogP) is 3.91. The third-order valence-corrected chi connectivity index (χ3v) is 3.19. The molecule has 0 bridgehead atoms. The SMILES string of the molecule is N[C@@H](c1c(C(F)(F)F)ccc(Cl)c1F)C1CC1. The number of hydrogen-bond donors (Lipinski definition) is 1. The van der Waals surface area contributed by atoms with Gasteiger partial charge in [0.05, 0.1) is 10.6 Å². The van der Waals surface area contributed by atoms with Crippen LogP contribution in [0.15, 0.2) is 12.1 Å². The minimum Gasteiger partial charge on any atom is -0.324 e. The van der Waals surface area contributed by atoms with Crippen molar-refractivity contribution in [3.63, 3.8) is 0 Å². The van der Waals surface area contributed by atoms with Crippen LogP contribution in [-0.2, 0) is 6.18 Å². The molecular weight excluding hydrogens is 258 g/mol. The minimum absolute atomic E-state index is 0.0796. The van der Waals surface area contributed by atoms with Gasteiger partial charge in [-0.1, -0.05) is 11.6 Å². The quantitative estimate of drug-likeness (QED) is 0.808. The van der Waals surface area contributed by atoms with Crippen LogP contribution in [0.2, 0.25) is 5.02 Å². The summed E-state index contributed by atoms with van der Waals surface area (Å²) < 4.78 is 51.9. The first-order valence-corrected chi connectivity index (χ1v) is 5.51. The Morgan fingerprint density at radius 3 is 2.35 bits per heavy atom. The molecule has 0 spiro atoms. The van der Waals surface area contributed by atoms with Crippen LogP contribution < -0.4 is 5.73 Å². The molecule has 1 atom stereocenters. The average molecular weight is 268 g/mol. The Morgan fingerprint density at radius 2 is 1.88 bits per heavy atom. The highest BCUT2D eigenvalue weighted by atomic mass is 35.5. The van der Waals surface area contributed by atoms with E-state index in [-0.39, 0.29) is 10.9 Å². The van der Waals surface area contributed by atoms with Crippen LogP contribution in [0, 0.1) is 11.7 Å². The highest BCUT2D eigenvalue weighted by Gasteiger charge is 2.40. The van der Waals surface area contributed by atoms with Gasteiger partial charge in [-0.05, 0) is 30.9 Å². The molecule has 2 rings (SSSR count). The molecular formula is C11H10ClF4N. The molecule has 0 amide bonds. The molecule has 1 aliphatic rings. The van der Waals surface area contributed by atoms with Crippen LogP contribution in [0.1, 0.15) is 30.0 Å². The molecule has 0 heterocycles. The van der Waals surface area contributed by atoms with Crippen molar-refractivity contribution in [2.75, 3.05) is 0 Å². The first-order valence-electron chi connectivity index (χ1n) is 5.13. The van der Waals surface area contributed by atoms with E-state index in [1.54, 1.807) is 0 Å². The average Bonchev–Trinajstić information content (AvgIpc) is 3.02. The standard InChI is InChI=1S/C11H10ClF4N/c12-7-4-3-6(11(14,15)16)8(9(7)13)10(17)5-1-2-5/h3-5,10H,1-2,17H2/t10-/m1/s1. The van der Waals surface area contributed by atoms with Gasteiger partial charge in [0, 0.05) is 11.6 Å². The van der Waals surface area contributed by atoms with Crippen LogP contribution in [0.4, 0.5) is 17.6 Å². The minimum atomic E-state index is -4.62. The van der Waals surface area contributed by atoms with Crippen LogP contribution in [-0.4, -0.2) is 0 Å². The van der Waals surface area contributed by atoms with E-state index in [1.165, 1.54) is 0 Å². The summed E-state index contributed by atoms with van der Waals surface area (Å²) in [6.45, 7) is 0. The number of halogens is 5. The second kappa shape index (κ2) is 4.14. The third-order valence-electron chi connectivity index (χ3n) is 2.90. The molecule has 94 valence electrons. The van der Waals surface area contributed by atoms with Crippen LogP contribution >= 0.6 is 11.6 Å². The Labute approximate surface area is 101 Å². The topological polar surface area (TPSA) is 26.0 Å². The van der Waals surface area contributed by atoms with Gasteiger partial charge < -0.3 is 5.73 Å². The maximum atomic E-state index is 13.7. The number of rotatable bonds is 2. The molecule has 1 aromatic carbocycles. The summed E-state index contributed by atoms with van der Waals surface area (Å²) in [7, 11) is 0. The molecule has 1 fully saturated rings. The summed E-state index contributed by atoms with van der Waals surface area (Å²) in [5, 5.41) is -0.330. The zero-order valence-electron chi connectivity index (χ0n) is 8.69. The van der Waals surface area contributed by atoms with E-state index >= 15 is 0 Å². The van der Waals surface area contributed by atoms with E-state index in [9.17, 15) is 17.6 Å². The highest BCUT2D eigenvalue weighted by molar-refractivity contribution is 6.30. The fourth-order valence-corrected chi connectivity index (χ4v) is 2.00. The largest absolute Gasteiger partial charge is 0.416 e. The molecule has 1 nitrogen and oxygen atoms in total. The summed E-state index contributed by atoms with van der Waals surface area (Å²) in [4.78, 5) is 0. The second-order valence-electron chi connectivity index (χ2n) is 4.18. The number of nitrogens with two attached hydrogens (primary N) is 1. The summed E-state index contributed by atoms with van der Waals surface area (Å²) in [6.07, 6.45) is -3.16. The van der Waals surface area contributed by atoms with Gasteiger partial charge in [0.25, 0.3) is 0 Å². The smallest absolute Gasteiger partial charge is 0.324 e. The normalized spacial score (nSPS) is 18.2. The Balaban J connectivity index is 2.55. The van der Waals surface area contributed by atoms with Gasteiger partial charge in [0.1, 0.15) is 5.82 Å². The molecule has 17 heavy (non-hydrogen) atoms. The molecule has 0 aliphatic heterocycles. The molecule has 1 saturated carbocycles. The summed E-state index contributed by atoms with van der Waals surface area (Å²) >= 11 is 5.51. The summed E-state index contributed by atoms with van der Waals surface area (Å²) in [6, 6.07) is 0.747. The molecule has 0 aromatic heterocycles. The Morgan fingerprint density at radius 1 is 1.29 bits per heavy atom. The fourth-order valence-electron chi connectivity index (χ4n) is 1.83. The summed E-state index contributed by atoms with van der Waals surface area (Å²) in [5.41, 5.74) is 4.13. The summed E-state index contributed by atoms with van der Waals surface area (Å²) in [5.74, 6) is -1.13. The van der Waals surface area contributed by atoms with Crippen molar-refractivity contribution in [3.8, 4) is 0 Å². The van der Waals surface area contributed by atoms with Gasteiger partial charge in [0.2, 0.25) is 0 Å². The number of alkyl halides is 3. The van der Waals surface area contributed by atoms with E-state index in [0.717, 1.165) is 25.0 Å². The monoisotopic (exact) mass is 267 g/mol. The van der Waals surface area contributed by atoms with Gasteiger partial charge in [0.15, 0.2) is 0 Å². The van der Waals surface area contributed by atoms with Crippen molar-refractivity contribution >= 4 is 11.6 Å². The lowest BCUT2D eigenvalue weighted by molar-refractivity contribution is -0.138. The molecule has 0 saturated heterocycles. The molecule has 2 N–H and O–H groups in total. The van der Waals surface area contributed by atoms with E-state index < -0.39 is 29.2 Å². The fraction of sp³-hybridized carbons (Fsp3) is 0.455. The highest BCUT2D eigenvalue weighted by Crippen LogP contribution is 2.45. The van der Waals surface area contributed by atoms with Crippen molar-refractivity contribution in [3.05, 3.63) is 34.1 Å². The second-order valence-corrected chi connectivity index (χ2v) is 4.59. The lowest BCUT2D eigenvalue weighted by atomic mass is 9.96. The Hall–Kier alpha value is -0.810. The first-order chi connectivity index (χ1) is 7.82. The predicted molar refractivity (Wildman–Crippen MR) is 56.1 cm³/mol. The van der Waals surface area contributed by atoms with Gasteiger partial charge >= 0.3 is 6.18 Å². The maximum absolute atomic E-state index is 13.7. The zero-order chi connectivity index (χ0) is 12.8. The molecule has 1 aliphatic carbocycles. The van der Waals surface area contributed by atoms with Gasteiger partial charge in [-0.3, -0.25) is 0 Å². The number of benzene rings is 1. The van der Waals surface area contributed by atoms with Crippen molar-refractivity contribution in [2.45, 2.75) is 25.1 Å². The molecule has 0 radical (unpaired) electrons. The van der Waals surface area contributed by atoms with Crippen molar-refractivity contribution in [1.29, 1.82) is 0 Å². The third kappa shape index (κ3) is 2.40. The number of hydrogen-bond acceptors (Lipinski definition) is 1. The molecule has 6 heteroatoms. The molecule has 0 unspecified atom stereocenters. The lowest BCUT2D eigenvalue weighted by Gasteiger charge is -2.19. The van der Waals surface area contributed by atoms with Crippen LogP contribution in [0.3, 0.4) is 0 Å². The lowest BCUT2D eigenvalue weighted by Crippen LogP contribution is -2.21. The van der Waals surface area contributed by atoms with Gasteiger partial charge in [-0.25, -0.2) is 4.39 Å². The van der Waals surface area contributed by atoms with E-state index in [0.29, 0.717) is 0 Å². The van der Waals surface area contributed by atoms with E-state index in [4.69, 9.17) is 17.3 Å². The van der Waals surface area contributed by atoms with Crippen LogP contribution in [0.5, 0.6) is 0 Å². The van der Waals surface area contributed by atoms with Crippen LogP contribution in [0.25, 0.3) is 0 Å². The Kier molecular flexibility index (Phi) is 3.08. The van der Waals surface area contributed by atoms with E-state index in [2.05, 4.69) is 0 Å². The maximum Gasteiger partial charge on any atom is 0.416 e. The Bertz CT molecular complexity index is 440. The zero-order valence-corrected chi connectivity index (χ0v) is 9.45. The molecule has 1 aromatic rings. The van der Waals surface area contributed by atoms with Gasteiger partial charge in [-0.2, -0.15) is 13.2 Å². The van der Waals surface area contributed by atoms with Crippen molar-refractivity contribution < 1.29 is 17.6 Å². The first kappa shape index (κ1) is 12.6. The van der Waals surface area contributed by atoms with Crippen molar-refractivity contribution in [2.24, 2.45) is 11.7 Å². The van der Waals surface area contributed by atoms with Gasteiger partial charge in [-0.15, -0.1) is 0 Å².